The molecule has 1 aromatic heterocycles. The van der Waals surface area contributed by atoms with Gasteiger partial charge in [-0.3, -0.25) is 4.90 Å². The quantitative estimate of drug-likeness (QED) is 0.806. The number of aromatic nitrogens is 1. The third-order valence-electron chi connectivity index (χ3n) is 6.12. The van der Waals surface area contributed by atoms with E-state index in [0.29, 0.717) is 0 Å². The first-order chi connectivity index (χ1) is 11.4. The van der Waals surface area contributed by atoms with Gasteiger partial charge in [-0.25, -0.2) is 4.98 Å². The van der Waals surface area contributed by atoms with Crippen LogP contribution < -0.4 is 4.90 Å². The van der Waals surface area contributed by atoms with Gasteiger partial charge in [-0.05, 0) is 37.8 Å². The van der Waals surface area contributed by atoms with E-state index in [0.717, 1.165) is 18.4 Å². The van der Waals surface area contributed by atoms with Crippen LogP contribution in [0.5, 0.6) is 0 Å². The van der Waals surface area contributed by atoms with E-state index in [1.54, 1.807) is 0 Å². The molecule has 0 aromatic carbocycles. The molecule has 0 unspecified atom stereocenters. The van der Waals surface area contributed by atoms with E-state index >= 15 is 0 Å². The van der Waals surface area contributed by atoms with Gasteiger partial charge in [0.2, 0.25) is 0 Å². The van der Waals surface area contributed by atoms with Crippen molar-refractivity contribution in [2.75, 3.05) is 31.1 Å². The third kappa shape index (κ3) is 3.90. The van der Waals surface area contributed by atoms with Crippen LogP contribution in [0.1, 0.15) is 62.7 Å². The number of hydrogen-bond acceptors (Lipinski definition) is 4. The summed E-state index contributed by atoms with van der Waals surface area (Å²) in [5.41, 5.74) is 0. The van der Waals surface area contributed by atoms with Crippen LogP contribution >= 0.6 is 11.3 Å². The monoisotopic (exact) mass is 333 g/mol. The predicted molar refractivity (Wildman–Crippen MR) is 98.1 cm³/mol. The standard InChI is InChI=1S/C19H31N3S/c1-2-7-11-21(10-6-1)15-18-12-20-19(23-18)22-13-17(14-22)16-8-4-3-5-9-16/h12,16-17H,1-11,13-15H2. The fourth-order valence-corrected chi connectivity index (χ4v) is 5.57. The fraction of sp³-hybridized carbons (Fsp3) is 0.842. The Kier molecular flexibility index (Phi) is 5.20. The maximum atomic E-state index is 4.72. The van der Waals surface area contributed by atoms with Crippen LogP contribution in [0.3, 0.4) is 0 Å². The number of anilines is 1. The summed E-state index contributed by atoms with van der Waals surface area (Å²) in [7, 11) is 0. The number of likely N-dealkylation sites (tertiary alicyclic amines) is 1. The van der Waals surface area contributed by atoms with Crippen molar-refractivity contribution in [3.8, 4) is 0 Å². The Morgan fingerprint density at radius 1 is 0.913 bits per heavy atom. The molecule has 4 rings (SSSR count). The summed E-state index contributed by atoms with van der Waals surface area (Å²) >= 11 is 1.94. The minimum absolute atomic E-state index is 0.952. The van der Waals surface area contributed by atoms with Gasteiger partial charge >= 0.3 is 0 Å². The Balaban J connectivity index is 1.27. The summed E-state index contributed by atoms with van der Waals surface area (Å²) in [6.45, 7) is 6.21. The Morgan fingerprint density at radius 3 is 2.35 bits per heavy atom. The Bertz CT molecular complexity index is 481. The second-order valence-electron chi connectivity index (χ2n) is 7.86. The van der Waals surface area contributed by atoms with Crippen molar-refractivity contribution in [2.45, 2.75) is 64.3 Å². The zero-order valence-electron chi connectivity index (χ0n) is 14.4. The lowest BCUT2D eigenvalue weighted by atomic mass is 9.76. The van der Waals surface area contributed by atoms with Crippen molar-refractivity contribution >= 4 is 16.5 Å². The van der Waals surface area contributed by atoms with Crippen molar-refractivity contribution in [1.82, 2.24) is 9.88 Å². The van der Waals surface area contributed by atoms with Gasteiger partial charge in [-0.15, -0.1) is 11.3 Å². The molecule has 0 amide bonds. The van der Waals surface area contributed by atoms with E-state index in [4.69, 9.17) is 4.98 Å². The van der Waals surface area contributed by atoms with Crippen molar-refractivity contribution in [2.24, 2.45) is 11.8 Å². The smallest absolute Gasteiger partial charge is 0.185 e. The number of hydrogen-bond donors (Lipinski definition) is 0. The maximum Gasteiger partial charge on any atom is 0.185 e. The first-order valence-electron chi connectivity index (χ1n) is 9.80. The first kappa shape index (κ1) is 15.9. The number of rotatable bonds is 4. The summed E-state index contributed by atoms with van der Waals surface area (Å²) in [6, 6.07) is 0. The Labute approximate surface area is 145 Å². The van der Waals surface area contributed by atoms with Crippen molar-refractivity contribution in [3.05, 3.63) is 11.1 Å². The number of nitrogens with zero attached hydrogens (tertiary/aromatic N) is 3. The van der Waals surface area contributed by atoms with Crippen molar-refractivity contribution in [1.29, 1.82) is 0 Å². The molecule has 2 saturated heterocycles. The van der Waals surface area contributed by atoms with Gasteiger partial charge < -0.3 is 4.90 Å². The van der Waals surface area contributed by atoms with Gasteiger partial charge in [0.05, 0.1) is 0 Å². The predicted octanol–water partition coefficient (Wildman–Crippen LogP) is 4.54. The van der Waals surface area contributed by atoms with Gasteiger partial charge in [0.1, 0.15) is 0 Å². The molecular formula is C19H31N3S. The average molecular weight is 334 g/mol. The van der Waals surface area contributed by atoms with E-state index in [-0.39, 0.29) is 0 Å². The molecule has 0 bridgehead atoms. The summed E-state index contributed by atoms with van der Waals surface area (Å²) in [4.78, 5) is 11.3. The van der Waals surface area contributed by atoms with E-state index in [1.165, 1.54) is 94.0 Å². The highest BCUT2D eigenvalue weighted by molar-refractivity contribution is 7.15. The highest BCUT2D eigenvalue weighted by atomic mass is 32.1. The Morgan fingerprint density at radius 2 is 1.61 bits per heavy atom. The molecule has 0 radical (unpaired) electrons. The van der Waals surface area contributed by atoms with E-state index in [2.05, 4.69) is 16.0 Å². The zero-order chi connectivity index (χ0) is 15.5. The lowest BCUT2D eigenvalue weighted by molar-refractivity contribution is 0.210. The van der Waals surface area contributed by atoms with Crippen LogP contribution in [0.2, 0.25) is 0 Å². The summed E-state index contributed by atoms with van der Waals surface area (Å²) in [5, 5.41) is 1.28. The maximum absolute atomic E-state index is 4.72. The normalized spacial score (nSPS) is 25.3. The summed E-state index contributed by atoms with van der Waals surface area (Å²) in [6.07, 6.45) is 15.1. The molecule has 0 spiro atoms. The summed E-state index contributed by atoms with van der Waals surface area (Å²) in [5.74, 6) is 1.96. The van der Waals surface area contributed by atoms with Crippen LogP contribution in [-0.4, -0.2) is 36.1 Å². The number of thiazole rings is 1. The lowest BCUT2D eigenvalue weighted by Crippen LogP contribution is -2.50. The van der Waals surface area contributed by atoms with Crippen molar-refractivity contribution in [3.63, 3.8) is 0 Å². The van der Waals surface area contributed by atoms with Gasteiger partial charge in [-0.2, -0.15) is 0 Å². The molecule has 1 aliphatic carbocycles. The molecule has 3 fully saturated rings. The molecule has 4 heteroatoms. The molecule has 0 atom stereocenters. The third-order valence-corrected chi connectivity index (χ3v) is 7.16. The molecule has 3 heterocycles. The highest BCUT2D eigenvalue weighted by Gasteiger charge is 2.35. The molecule has 1 aromatic rings. The molecule has 2 aliphatic heterocycles. The molecule has 128 valence electrons. The SMILES string of the molecule is c1nc(N2CC(C3CCCCC3)C2)sc1CN1CCCCCC1. The van der Waals surface area contributed by atoms with Gasteiger partial charge in [0.25, 0.3) is 0 Å². The van der Waals surface area contributed by atoms with E-state index in [9.17, 15) is 0 Å². The molecule has 1 saturated carbocycles. The molecule has 0 N–H and O–H groups in total. The first-order valence-corrected chi connectivity index (χ1v) is 10.6. The van der Waals surface area contributed by atoms with Crippen LogP contribution in [-0.2, 0) is 6.54 Å². The molecular weight excluding hydrogens is 302 g/mol. The van der Waals surface area contributed by atoms with E-state index < -0.39 is 0 Å². The Hall–Kier alpha value is -0.610. The summed E-state index contributed by atoms with van der Waals surface area (Å²) < 4.78 is 0. The van der Waals surface area contributed by atoms with Crippen LogP contribution in [0.15, 0.2) is 6.20 Å². The van der Waals surface area contributed by atoms with Crippen LogP contribution in [0.4, 0.5) is 5.13 Å². The van der Waals surface area contributed by atoms with Crippen LogP contribution in [0.25, 0.3) is 0 Å². The lowest BCUT2D eigenvalue weighted by Gasteiger charge is -2.44. The highest BCUT2D eigenvalue weighted by Crippen LogP contribution is 2.38. The van der Waals surface area contributed by atoms with Gasteiger partial charge in [-0.1, -0.05) is 44.9 Å². The van der Waals surface area contributed by atoms with E-state index in [1.807, 2.05) is 11.3 Å². The second-order valence-corrected chi connectivity index (χ2v) is 8.96. The van der Waals surface area contributed by atoms with Crippen molar-refractivity contribution < 1.29 is 0 Å². The minimum Gasteiger partial charge on any atom is -0.347 e. The topological polar surface area (TPSA) is 19.4 Å². The second kappa shape index (κ2) is 7.52. The average Bonchev–Trinajstić information content (AvgIpc) is 2.82. The van der Waals surface area contributed by atoms with Gasteiger partial charge in [0, 0.05) is 30.7 Å². The fourth-order valence-electron chi connectivity index (χ4n) is 4.60. The minimum atomic E-state index is 0.952. The zero-order valence-corrected chi connectivity index (χ0v) is 15.2. The van der Waals surface area contributed by atoms with Gasteiger partial charge in [0.15, 0.2) is 5.13 Å². The molecule has 3 nitrogen and oxygen atoms in total. The molecule has 23 heavy (non-hydrogen) atoms. The largest absolute Gasteiger partial charge is 0.347 e. The van der Waals surface area contributed by atoms with Crippen LogP contribution in [0, 0.1) is 11.8 Å². The molecule has 3 aliphatic rings.